The summed E-state index contributed by atoms with van der Waals surface area (Å²) in [4.78, 5) is 7.89. The van der Waals surface area contributed by atoms with Gasteiger partial charge in [0.05, 0.1) is 19.5 Å². The van der Waals surface area contributed by atoms with Crippen LogP contribution in [0.5, 0.6) is 17.5 Å². The Bertz CT molecular complexity index is 474. The summed E-state index contributed by atoms with van der Waals surface area (Å²) in [5, 5.41) is 0. The second-order valence-electron chi connectivity index (χ2n) is 2.96. The number of nitrogens with zero attached hydrogens (tertiary/aromatic N) is 2. The fourth-order valence-corrected chi connectivity index (χ4v) is 1.10. The van der Waals surface area contributed by atoms with E-state index in [4.69, 9.17) is 9.47 Å². The molecular formula is C11H9FN2O2. The Morgan fingerprint density at radius 1 is 1.06 bits per heavy atom. The minimum absolute atomic E-state index is 0.297. The van der Waals surface area contributed by atoms with Crippen LogP contribution >= 0.6 is 0 Å². The molecule has 1 heterocycles. The number of rotatable bonds is 3. The topological polar surface area (TPSA) is 44.2 Å². The molecule has 2 aromatic rings. The summed E-state index contributed by atoms with van der Waals surface area (Å²) in [6.07, 6.45) is 2.92. The monoisotopic (exact) mass is 220 g/mol. The first kappa shape index (κ1) is 10.4. The van der Waals surface area contributed by atoms with Crippen LogP contribution < -0.4 is 9.47 Å². The second-order valence-corrected chi connectivity index (χ2v) is 2.96. The summed E-state index contributed by atoms with van der Waals surface area (Å²) < 4.78 is 22.9. The molecule has 1 aromatic heterocycles. The molecule has 0 N–H and O–H groups in total. The van der Waals surface area contributed by atoms with Crippen LogP contribution in [0.1, 0.15) is 0 Å². The molecule has 4 nitrogen and oxygen atoms in total. The van der Waals surface area contributed by atoms with Crippen molar-refractivity contribution < 1.29 is 13.9 Å². The van der Waals surface area contributed by atoms with Gasteiger partial charge in [0.15, 0.2) is 0 Å². The molecule has 0 aliphatic rings. The van der Waals surface area contributed by atoms with Crippen molar-refractivity contribution in [2.75, 3.05) is 7.11 Å². The molecule has 1 aromatic carbocycles. The fourth-order valence-electron chi connectivity index (χ4n) is 1.10. The maximum atomic E-state index is 12.6. The molecular weight excluding hydrogens is 211 g/mol. The number of benzene rings is 1. The summed E-state index contributed by atoms with van der Waals surface area (Å²) >= 11 is 0. The quantitative estimate of drug-likeness (QED) is 0.796. The number of aromatic nitrogens is 2. The molecule has 0 spiro atoms. The third kappa shape index (κ3) is 2.44. The number of methoxy groups -OCH3 is 1. The van der Waals surface area contributed by atoms with Gasteiger partial charge in [-0.2, -0.15) is 4.98 Å². The van der Waals surface area contributed by atoms with E-state index < -0.39 is 0 Å². The van der Waals surface area contributed by atoms with Gasteiger partial charge in [-0.05, 0) is 24.3 Å². The SMILES string of the molecule is COc1cncc(Oc2ccc(F)cc2)n1. The van der Waals surface area contributed by atoms with E-state index in [0.717, 1.165) is 0 Å². The standard InChI is InChI=1S/C11H9FN2O2/c1-15-10-6-13-7-11(14-10)16-9-4-2-8(12)3-5-9/h2-7H,1H3. The molecule has 0 radical (unpaired) electrons. The van der Waals surface area contributed by atoms with Gasteiger partial charge in [0.2, 0.25) is 11.8 Å². The maximum absolute atomic E-state index is 12.6. The van der Waals surface area contributed by atoms with E-state index in [1.807, 2.05) is 0 Å². The molecule has 0 saturated carbocycles. The highest BCUT2D eigenvalue weighted by atomic mass is 19.1. The normalized spacial score (nSPS) is 9.88. The van der Waals surface area contributed by atoms with Crippen LogP contribution in [-0.4, -0.2) is 17.1 Å². The second kappa shape index (κ2) is 4.57. The first-order valence-electron chi connectivity index (χ1n) is 4.57. The van der Waals surface area contributed by atoms with E-state index in [1.54, 1.807) is 0 Å². The predicted molar refractivity (Wildman–Crippen MR) is 55.1 cm³/mol. The first-order valence-corrected chi connectivity index (χ1v) is 4.57. The van der Waals surface area contributed by atoms with Crippen LogP contribution in [-0.2, 0) is 0 Å². The highest BCUT2D eigenvalue weighted by Crippen LogP contribution is 2.20. The molecule has 0 bridgehead atoms. The van der Waals surface area contributed by atoms with E-state index >= 15 is 0 Å². The zero-order chi connectivity index (χ0) is 11.4. The largest absolute Gasteiger partial charge is 0.480 e. The molecule has 5 heteroatoms. The van der Waals surface area contributed by atoms with E-state index in [-0.39, 0.29) is 5.82 Å². The highest BCUT2D eigenvalue weighted by molar-refractivity contribution is 5.26. The summed E-state index contributed by atoms with van der Waals surface area (Å²) in [5.74, 6) is 0.832. The Hall–Kier alpha value is -2.17. The molecule has 0 aliphatic heterocycles. The number of hydrogen-bond acceptors (Lipinski definition) is 4. The zero-order valence-corrected chi connectivity index (χ0v) is 8.55. The van der Waals surface area contributed by atoms with E-state index in [0.29, 0.717) is 17.5 Å². The van der Waals surface area contributed by atoms with Crippen molar-refractivity contribution in [3.8, 4) is 17.5 Å². The Kier molecular flexibility index (Phi) is 2.95. The average molecular weight is 220 g/mol. The van der Waals surface area contributed by atoms with Gasteiger partial charge in [-0.1, -0.05) is 0 Å². The molecule has 0 fully saturated rings. The minimum Gasteiger partial charge on any atom is -0.480 e. The number of ether oxygens (including phenoxy) is 2. The molecule has 16 heavy (non-hydrogen) atoms. The van der Waals surface area contributed by atoms with Crippen molar-refractivity contribution in [2.24, 2.45) is 0 Å². The lowest BCUT2D eigenvalue weighted by molar-refractivity contribution is 0.380. The molecule has 82 valence electrons. The van der Waals surface area contributed by atoms with Gasteiger partial charge in [-0.25, -0.2) is 4.39 Å². The minimum atomic E-state index is -0.316. The molecule has 0 atom stereocenters. The van der Waals surface area contributed by atoms with Crippen LogP contribution in [0.3, 0.4) is 0 Å². The molecule has 0 amide bonds. The van der Waals surface area contributed by atoms with Crippen molar-refractivity contribution in [3.05, 3.63) is 42.5 Å². The van der Waals surface area contributed by atoms with Crippen molar-refractivity contribution in [3.63, 3.8) is 0 Å². The van der Waals surface area contributed by atoms with Crippen LogP contribution in [0.2, 0.25) is 0 Å². The van der Waals surface area contributed by atoms with Gasteiger partial charge in [-0.15, -0.1) is 0 Å². The number of halogens is 1. The van der Waals surface area contributed by atoms with E-state index in [2.05, 4.69) is 9.97 Å². The zero-order valence-electron chi connectivity index (χ0n) is 8.55. The van der Waals surface area contributed by atoms with Crippen molar-refractivity contribution >= 4 is 0 Å². The Balaban J connectivity index is 2.16. The predicted octanol–water partition coefficient (Wildman–Crippen LogP) is 2.42. The Labute approximate surface area is 91.7 Å². The van der Waals surface area contributed by atoms with E-state index in [9.17, 15) is 4.39 Å². The van der Waals surface area contributed by atoms with Crippen LogP contribution in [0.15, 0.2) is 36.7 Å². The molecule has 0 saturated heterocycles. The van der Waals surface area contributed by atoms with Crippen LogP contribution in [0.25, 0.3) is 0 Å². The molecule has 0 aliphatic carbocycles. The summed E-state index contributed by atoms with van der Waals surface area (Å²) in [6.45, 7) is 0. The van der Waals surface area contributed by atoms with Crippen molar-refractivity contribution in [2.45, 2.75) is 0 Å². The molecule has 0 unspecified atom stereocenters. The lowest BCUT2D eigenvalue weighted by atomic mass is 10.3. The third-order valence-corrected chi connectivity index (χ3v) is 1.84. The smallest absolute Gasteiger partial charge is 0.241 e. The van der Waals surface area contributed by atoms with Gasteiger partial charge >= 0.3 is 0 Å². The number of hydrogen-bond donors (Lipinski definition) is 0. The van der Waals surface area contributed by atoms with Gasteiger partial charge in [-0.3, -0.25) is 4.98 Å². The van der Waals surface area contributed by atoms with Gasteiger partial charge in [0.1, 0.15) is 11.6 Å². The Morgan fingerprint density at radius 2 is 1.75 bits per heavy atom. The maximum Gasteiger partial charge on any atom is 0.241 e. The van der Waals surface area contributed by atoms with Gasteiger partial charge in [0.25, 0.3) is 0 Å². The fraction of sp³-hybridized carbons (Fsp3) is 0.0909. The lowest BCUT2D eigenvalue weighted by Gasteiger charge is -2.04. The lowest BCUT2D eigenvalue weighted by Crippen LogP contribution is -1.93. The van der Waals surface area contributed by atoms with Gasteiger partial charge < -0.3 is 9.47 Å². The van der Waals surface area contributed by atoms with E-state index in [1.165, 1.54) is 43.8 Å². The third-order valence-electron chi connectivity index (χ3n) is 1.84. The van der Waals surface area contributed by atoms with Crippen molar-refractivity contribution in [1.29, 1.82) is 0 Å². The molecule has 2 rings (SSSR count). The summed E-state index contributed by atoms with van der Waals surface area (Å²) in [7, 11) is 1.49. The van der Waals surface area contributed by atoms with Crippen LogP contribution in [0.4, 0.5) is 4.39 Å². The first-order chi connectivity index (χ1) is 7.78. The Morgan fingerprint density at radius 3 is 2.44 bits per heavy atom. The summed E-state index contributed by atoms with van der Waals surface area (Å²) in [6, 6.07) is 5.64. The highest BCUT2D eigenvalue weighted by Gasteiger charge is 2.01. The van der Waals surface area contributed by atoms with Crippen LogP contribution in [0, 0.1) is 5.82 Å². The average Bonchev–Trinajstić information content (AvgIpc) is 2.32. The van der Waals surface area contributed by atoms with Gasteiger partial charge in [0, 0.05) is 0 Å². The van der Waals surface area contributed by atoms with Crippen molar-refractivity contribution in [1.82, 2.24) is 9.97 Å². The summed E-state index contributed by atoms with van der Waals surface area (Å²) in [5.41, 5.74) is 0.